The molecule has 1 amide bonds. The highest BCUT2D eigenvalue weighted by atomic mass is 19.3. The number of carbonyl (C=O) groups excluding carboxylic acids is 1. The summed E-state index contributed by atoms with van der Waals surface area (Å²) in [6.07, 6.45) is -9.44. The van der Waals surface area contributed by atoms with Crippen LogP contribution in [0.2, 0.25) is 0 Å². The summed E-state index contributed by atoms with van der Waals surface area (Å²) in [6, 6.07) is 4.51. The second-order valence-electron chi connectivity index (χ2n) is 5.41. The summed E-state index contributed by atoms with van der Waals surface area (Å²) in [5.41, 5.74) is -4.49. The molecule has 1 N–H and O–H groups in total. The number of aliphatic hydroxyl groups is 1. The Kier molecular flexibility index (Phi) is 5.44. The first-order valence-electron chi connectivity index (χ1n) is 7.17. The van der Waals surface area contributed by atoms with Crippen LogP contribution in [0, 0.1) is 10.1 Å². The number of carbonyl (C=O) groups is 1. The van der Waals surface area contributed by atoms with Crippen LogP contribution in [0.4, 0.5) is 23.2 Å². The molecule has 0 aromatic heterocycles. The van der Waals surface area contributed by atoms with Crippen molar-refractivity contribution in [3.05, 3.63) is 34.4 Å². The molecule has 0 bridgehead atoms. The summed E-state index contributed by atoms with van der Waals surface area (Å²) >= 11 is 0. The van der Waals surface area contributed by atoms with Crippen molar-refractivity contribution >= 4 is 17.3 Å². The molecule has 0 radical (unpaired) electrons. The predicted molar refractivity (Wildman–Crippen MR) is 79.0 cm³/mol. The number of alkyl halides is 4. The zero-order chi connectivity index (χ0) is 19.6. The monoisotopic (exact) mass is 379 g/mol. The van der Waals surface area contributed by atoms with Gasteiger partial charge in [0.05, 0.1) is 4.92 Å². The van der Waals surface area contributed by atoms with E-state index >= 15 is 0 Å². The van der Waals surface area contributed by atoms with E-state index in [1.54, 1.807) is 0 Å². The molecule has 1 aromatic rings. The van der Waals surface area contributed by atoms with Gasteiger partial charge in [-0.25, -0.2) is 17.6 Å². The number of nitrogens with zero attached hydrogens (tertiary/aromatic N) is 3. The third-order valence-corrected chi connectivity index (χ3v) is 3.55. The largest absolute Gasteiger partial charge is 0.481 e. The van der Waals surface area contributed by atoms with Crippen LogP contribution in [-0.2, 0) is 4.79 Å². The third kappa shape index (κ3) is 3.74. The first-order chi connectivity index (χ1) is 12.1. The molecule has 0 spiro atoms. The van der Waals surface area contributed by atoms with Crippen molar-refractivity contribution in [2.75, 3.05) is 0 Å². The highest BCUT2D eigenvalue weighted by Gasteiger charge is 2.54. The van der Waals surface area contributed by atoms with Crippen molar-refractivity contribution in [2.45, 2.75) is 38.0 Å². The van der Waals surface area contributed by atoms with Crippen molar-refractivity contribution < 1.29 is 37.1 Å². The van der Waals surface area contributed by atoms with Crippen LogP contribution in [0.5, 0.6) is 5.75 Å². The van der Waals surface area contributed by atoms with Gasteiger partial charge >= 0.3 is 0 Å². The van der Waals surface area contributed by atoms with Gasteiger partial charge in [0.2, 0.25) is 5.72 Å². The summed E-state index contributed by atoms with van der Waals surface area (Å²) < 4.78 is 56.8. The number of halogens is 4. The molecular weight excluding hydrogens is 366 g/mol. The van der Waals surface area contributed by atoms with E-state index in [-0.39, 0.29) is 16.4 Å². The fourth-order valence-electron chi connectivity index (χ4n) is 2.20. The molecule has 26 heavy (non-hydrogen) atoms. The lowest BCUT2D eigenvalue weighted by molar-refractivity contribution is -0.384. The molecule has 8 nitrogen and oxygen atoms in total. The zero-order valence-corrected chi connectivity index (χ0v) is 13.2. The van der Waals surface area contributed by atoms with Crippen LogP contribution >= 0.6 is 0 Å². The maximum atomic E-state index is 13.1. The quantitative estimate of drug-likeness (QED) is 0.463. The Balaban J connectivity index is 2.18. The molecule has 1 aliphatic heterocycles. The van der Waals surface area contributed by atoms with Gasteiger partial charge in [-0.05, 0) is 19.1 Å². The SMILES string of the molecule is C[C@@H](Oc1ccc([N+](=O)[O-])cc1)C(=O)N1N=C(C(F)F)C[C@]1(O)C(F)F. The Morgan fingerprint density at radius 2 is 1.92 bits per heavy atom. The van der Waals surface area contributed by atoms with Gasteiger partial charge in [0.1, 0.15) is 11.5 Å². The predicted octanol–water partition coefficient (Wildman–Crippen LogP) is 2.17. The van der Waals surface area contributed by atoms with Crippen LogP contribution in [0.1, 0.15) is 13.3 Å². The van der Waals surface area contributed by atoms with E-state index in [2.05, 4.69) is 5.10 Å². The maximum absolute atomic E-state index is 13.1. The van der Waals surface area contributed by atoms with Crippen LogP contribution in [0.15, 0.2) is 29.4 Å². The average Bonchev–Trinajstić information content (AvgIpc) is 2.94. The normalized spacial score (nSPS) is 21.1. The Bertz CT molecular complexity index is 728. The van der Waals surface area contributed by atoms with Gasteiger partial charge in [0, 0.05) is 18.6 Å². The number of hydrogen-bond donors (Lipinski definition) is 1. The summed E-state index contributed by atoms with van der Waals surface area (Å²) in [5, 5.41) is 23.5. The van der Waals surface area contributed by atoms with Crippen LogP contribution in [0.25, 0.3) is 0 Å². The van der Waals surface area contributed by atoms with E-state index in [1.807, 2.05) is 0 Å². The Labute approximate surface area is 143 Å². The van der Waals surface area contributed by atoms with Crippen LogP contribution in [0.3, 0.4) is 0 Å². The highest BCUT2D eigenvalue weighted by molar-refractivity contribution is 5.93. The number of hydrazone groups is 1. The number of benzene rings is 1. The molecule has 0 aliphatic carbocycles. The second kappa shape index (κ2) is 7.23. The molecule has 12 heteroatoms. The van der Waals surface area contributed by atoms with Gasteiger partial charge in [-0.3, -0.25) is 14.9 Å². The Hall–Kier alpha value is -2.76. The second-order valence-corrected chi connectivity index (χ2v) is 5.41. The van der Waals surface area contributed by atoms with Gasteiger partial charge in [0.15, 0.2) is 6.10 Å². The van der Waals surface area contributed by atoms with Gasteiger partial charge in [-0.2, -0.15) is 10.1 Å². The van der Waals surface area contributed by atoms with Crippen molar-refractivity contribution in [1.82, 2.24) is 5.01 Å². The van der Waals surface area contributed by atoms with Gasteiger partial charge in [-0.15, -0.1) is 0 Å². The summed E-state index contributed by atoms with van der Waals surface area (Å²) in [4.78, 5) is 22.2. The Morgan fingerprint density at radius 3 is 2.38 bits per heavy atom. The molecule has 2 atom stereocenters. The summed E-state index contributed by atoms with van der Waals surface area (Å²) in [6.45, 7) is 1.13. The minimum atomic E-state index is -3.54. The van der Waals surface area contributed by atoms with Crippen molar-refractivity contribution in [1.29, 1.82) is 0 Å². The topological polar surface area (TPSA) is 105 Å². The first-order valence-corrected chi connectivity index (χ1v) is 7.17. The smallest absolute Gasteiger partial charge is 0.287 e. The number of ether oxygens (including phenoxy) is 1. The number of nitro benzene ring substituents is 1. The van der Waals surface area contributed by atoms with E-state index < -0.39 is 47.6 Å². The number of hydrogen-bond acceptors (Lipinski definition) is 6. The molecule has 0 saturated heterocycles. The van der Waals surface area contributed by atoms with Crippen molar-refractivity contribution in [2.24, 2.45) is 5.10 Å². The zero-order valence-electron chi connectivity index (χ0n) is 13.2. The standard InChI is InChI=1S/C14H13F4N3O5/c1-7(26-9-4-2-8(3-5-9)21(24)25)12(22)20-14(23,13(17)18)6-10(19-20)11(15)16/h2-5,7,11,13,23H,6H2,1H3/t7-,14+/m1/s1. The van der Waals surface area contributed by atoms with E-state index in [0.29, 0.717) is 0 Å². The molecule has 1 aromatic carbocycles. The molecule has 0 saturated carbocycles. The number of non-ortho nitro benzene ring substituents is 1. The molecule has 142 valence electrons. The van der Waals surface area contributed by atoms with Gasteiger partial charge in [0.25, 0.3) is 24.4 Å². The minimum absolute atomic E-state index is 0.00528. The number of amides is 1. The lowest BCUT2D eigenvalue weighted by Crippen LogP contribution is -2.54. The van der Waals surface area contributed by atoms with Crippen molar-refractivity contribution in [3.8, 4) is 5.75 Å². The lowest BCUT2D eigenvalue weighted by atomic mass is 10.1. The first kappa shape index (κ1) is 19.6. The fraction of sp³-hybridized carbons (Fsp3) is 0.429. The van der Waals surface area contributed by atoms with Gasteiger partial charge < -0.3 is 9.84 Å². The fourth-order valence-corrected chi connectivity index (χ4v) is 2.20. The van der Waals surface area contributed by atoms with E-state index in [1.165, 1.54) is 12.1 Å². The van der Waals surface area contributed by atoms with Crippen molar-refractivity contribution in [3.63, 3.8) is 0 Å². The maximum Gasteiger partial charge on any atom is 0.287 e. The average molecular weight is 379 g/mol. The van der Waals surface area contributed by atoms with Crippen LogP contribution < -0.4 is 4.74 Å². The molecule has 0 fully saturated rings. The van der Waals surface area contributed by atoms with E-state index in [9.17, 15) is 37.6 Å². The highest BCUT2D eigenvalue weighted by Crippen LogP contribution is 2.34. The molecule has 1 heterocycles. The summed E-state index contributed by atoms with van der Waals surface area (Å²) in [5.74, 6) is -1.28. The molecule has 1 aliphatic rings. The molecule has 0 unspecified atom stereocenters. The van der Waals surface area contributed by atoms with Gasteiger partial charge in [-0.1, -0.05) is 0 Å². The minimum Gasteiger partial charge on any atom is -0.481 e. The third-order valence-electron chi connectivity index (χ3n) is 3.55. The molecule has 2 rings (SSSR count). The van der Waals surface area contributed by atoms with E-state index in [4.69, 9.17) is 4.74 Å². The molecular formula is C14H13F4N3O5. The van der Waals surface area contributed by atoms with Crippen LogP contribution in [-0.4, -0.2) is 51.3 Å². The number of nitro groups is 1. The number of rotatable bonds is 6. The Morgan fingerprint density at radius 1 is 1.35 bits per heavy atom. The van der Waals surface area contributed by atoms with E-state index in [0.717, 1.165) is 19.1 Å². The lowest BCUT2D eigenvalue weighted by Gasteiger charge is -2.31. The summed E-state index contributed by atoms with van der Waals surface area (Å²) in [7, 11) is 0.